The standard InChI is InChI=1S/C23H22Cl2N2O4S/c1-31-22-12-11-20(15-21(22)25)32(29,30)27(14-13-17-5-3-2-4-6-17)16-23(28)26-19-9-7-18(24)8-10-19/h2-12,15H,13-14,16H2,1H3,(H,26,28). The number of ether oxygens (including phenoxy) is 1. The molecule has 1 N–H and O–H groups in total. The van der Waals surface area contributed by atoms with Crippen LogP contribution in [0.3, 0.4) is 0 Å². The van der Waals surface area contributed by atoms with E-state index in [1.54, 1.807) is 24.3 Å². The number of benzene rings is 3. The summed E-state index contributed by atoms with van der Waals surface area (Å²) in [5.41, 5.74) is 1.48. The van der Waals surface area contributed by atoms with Crippen molar-refractivity contribution in [2.24, 2.45) is 0 Å². The molecular formula is C23H22Cl2N2O4S. The predicted octanol–water partition coefficient (Wildman–Crippen LogP) is 4.87. The summed E-state index contributed by atoms with van der Waals surface area (Å²) in [6.07, 6.45) is 0.443. The fourth-order valence-electron chi connectivity index (χ4n) is 3.03. The van der Waals surface area contributed by atoms with Crippen LogP contribution in [0.4, 0.5) is 5.69 Å². The van der Waals surface area contributed by atoms with Crippen molar-refractivity contribution in [2.45, 2.75) is 11.3 Å². The highest BCUT2D eigenvalue weighted by molar-refractivity contribution is 7.89. The Balaban J connectivity index is 1.84. The van der Waals surface area contributed by atoms with Gasteiger partial charge in [0, 0.05) is 17.3 Å². The third-order valence-electron chi connectivity index (χ3n) is 4.70. The van der Waals surface area contributed by atoms with Crippen LogP contribution >= 0.6 is 23.2 Å². The first-order chi connectivity index (χ1) is 15.3. The molecule has 0 saturated heterocycles. The molecule has 0 bridgehead atoms. The number of amides is 1. The lowest BCUT2D eigenvalue weighted by atomic mass is 10.1. The molecule has 6 nitrogen and oxygen atoms in total. The molecule has 3 aromatic rings. The quantitative estimate of drug-likeness (QED) is 0.462. The van der Waals surface area contributed by atoms with Gasteiger partial charge in [0.05, 0.1) is 23.6 Å². The number of nitrogens with zero attached hydrogens (tertiary/aromatic N) is 1. The number of anilines is 1. The number of methoxy groups -OCH3 is 1. The molecule has 0 radical (unpaired) electrons. The van der Waals surface area contributed by atoms with E-state index in [2.05, 4.69) is 5.32 Å². The fourth-order valence-corrected chi connectivity index (χ4v) is 4.91. The van der Waals surface area contributed by atoms with Crippen molar-refractivity contribution in [2.75, 3.05) is 25.5 Å². The number of sulfonamides is 1. The monoisotopic (exact) mass is 492 g/mol. The van der Waals surface area contributed by atoms with Crippen molar-refractivity contribution in [1.29, 1.82) is 0 Å². The Morgan fingerprint density at radius 3 is 2.31 bits per heavy atom. The number of hydrogen-bond donors (Lipinski definition) is 1. The van der Waals surface area contributed by atoms with Gasteiger partial charge in [-0.1, -0.05) is 53.5 Å². The van der Waals surface area contributed by atoms with Gasteiger partial charge >= 0.3 is 0 Å². The summed E-state index contributed by atoms with van der Waals surface area (Å²) in [7, 11) is -2.55. The molecule has 0 atom stereocenters. The van der Waals surface area contributed by atoms with Gasteiger partial charge in [0.25, 0.3) is 0 Å². The smallest absolute Gasteiger partial charge is 0.243 e. The van der Waals surface area contributed by atoms with E-state index in [1.807, 2.05) is 30.3 Å². The van der Waals surface area contributed by atoms with Crippen molar-refractivity contribution in [3.63, 3.8) is 0 Å². The van der Waals surface area contributed by atoms with E-state index >= 15 is 0 Å². The van der Waals surface area contributed by atoms with Crippen molar-refractivity contribution in [3.8, 4) is 5.75 Å². The zero-order chi connectivity index (χ0) is 23.1. The lowest BCUT2D eigenvalue weighted by Crippen LogP contribution is -2.39. The summed E-state index contributed by atoms with van der Waals surface area (Å²) in [5, 5.41) is 3.40. The molecule has 3 aromatic carbocycles. The lowest BCUT2D eigenvalue weighted by Gasteiger charge is -2.22. The molecule has 0 aromatic heterocycles. The Morgan fingerprint density at radius 2 is 1.69 bits per heavy atom. The van der Waals surface area contributed by atoms with Gasteiger partial charge in [-0.2, -0.15) is 4.31 Å². The summed E-state index contributed by atoms with van der Waals surface area (Å²) in [6.45, 7) is -0.245. The molecule has 0 unspecified atom stereocenters. The maximum atomic E-state index is 13.4. The van der Waals surface area contributed by atoms with E-state index in [9.17, 15) is 13.2 Å². The summed E-state index contributed by atoms with van der Waals surface area (Å²) >= 11 is 12.0. The zero-order valence-electron chi connectivity index (χ0n) is 17.3. The molecule has 3 rings (SSSR count). The molecule has 1 amide bonds. The van der Waals surface area contributed by atoms with Crippen LogP contribution in [0.15, 0.2) is 77.7 Å². The highest BCUT2D eigenvalue weighted by atomic mass is 35.5. The number of carbonyl (C=O) groups excluding carboxylic acids is 1. The first-order valence-corrected chi connectivity index (χ1v) is 11.9. The van der Waals surface area contributed by atoms with Crippen LogP contribution in [-0.4, -0.2) is 38.8 Å². The van der Waals surface area contributed by atoms with E-state index in [4.69, 9.17) is 27.9 Å². The summed E-state index contributed by atoms with van der Waals surface area (Å²) in [4.78, 5) is 12.7. The van der Waals surface area contributed by atoms with E-state index in [-0.39, 0.29) is 23.0 Å². The summed E-state index contributed by atoms with van der Waals surface area (Å²) in [6, 6.07) is 20.2. The topological polar surface area (TPSA) is 75.7 Å². The van der Waals surface area contributed by atoms with Crippen molar-refractivity contribution in [1.82, 2.24) is 4.31 Å². The Morgan fingerprint density at radius 1 is 1.00 bits per heavy atom. The molecule has 0 aliphatic rings. The normalized spacial score (nSPS) is 11.4. The van der Waals surface area contributed by atoms with E-state index < -0.39 is 15.9 Å². The van der Waals surface area contributed by atoms with Gasteiger partial charge in [-0.3, -0.25) is 4.79 Å². The van der Waals surface area contributed by atoms with Crippen molar-refractivity contribution < 1.29 is 17.9 Å². The number of carbonyl (C=O) groups is 1. The minimum atomic E-state index is -4.00. The van der Waals surface area contributed by atoms with Gasteiger partial charge in [0.1, 0.15) is 5.75 Å². The average molecular weight is 493 g/mol. The van der Waals surface area contributed by atoms with Crippen LogP contribution in [0.5, 0.6) is 5.75 Å². The molecule has 0 heterocycles. The largest absolute Gasteiger partial charge is 0.495 e. The first-order valence-electron chi connectivity index (χ1n) is 9.72. The van der Waals surface area contributed by atoms with Crippen LogP contribution in [0.25, 0.3) is 0 Å². The van der Waals surface area contributed by atoms with Crippen LogP contribution in [0, 0.1) is 0 Å². The van der Waals surface area contributed by atoms with Crippen LogP contribution < -0.4 is 10.1 Å². The van der Waals surface area contributed by atoms with Crippen LogP contribution in [0.1, 0.15) is 5.56 Å². The van der Waals surface area contributed by atoms with E-state index in [0.717, 1.165) is 9.87 Å². The maximum Gasteiger partial charge on any atom is 0.243 e. The molecular weight excluding hydrogens is 471 g/mol. The Hall–Kier alpha value is -2.58. The molecule has 9 heteroatoms. The van der Waals surface area contributed by atoms with Crippen LogP contribution in [0.2, 0.25) is 10.0 Å². The van der Waals surface area contributed by atoms with Crippen LogP contribution in [-0.2, 0) is 21.2 Å². The number of rotatable bonds is 9. The maximum absolute atomic E-state index is 13.4. The van der Waals surface area contributed by atoms with Gasteiger partial charge in [-0.15, -0.1) is 0 Å². The minimum absolute atomic E-state index is 0.0179. The van der Waals surface area contributed by atoms with E-state index in [0.29, 0.717) is 22.9 Å². The van der Waals surface area contributed by atoms with Crippen molar-refractivity contribution >= 4 is 44.8 Å². The highest BCUT2D eigenvalue weighted by Gasteiger charge is 2.27. The number of halogens is 2. The Labute approximate surface area is 197 Å². The highest BCUT2D eigenvalue weighted by Crippen LogP contribution is 2.28. The van der Waals surface area contributed by atoms with Gasteiger partial charge in [0.2, 0.25) is 15.9 Å². The minimum Gasteiger partial charge on any atom is -0.495 e. The fraction of sp³-hybridized carbons (Fsp3) is 0.174. The van der Waals surface area contributed by atoms with Gasteiger partial charge < -0.3 is 10.1 Å². The molecule has 0 aliphatic heterocycles. The Bertz CT molecular complexity index is 1170. The molecule has 0 fully saturated rings. The second-order valence-electron chi connectivity index (χ2n) is 6.93. The third kappa shape index (κ3) is 6.23. The molecule has 32 heavy (non-hydrogen) atoms. The van der Waals surface area contributed by atoms with Gasteiger partial charge in [-0.25, -0.2) is 8.42 Å². The molecule has 0 aliphatic carbocycles. The Kier molecular flexibility index (Phi) is 8.15. The average Bonchev–Trinajstić information content (AvgIpc) is 2.78. The third-order valence-corrected chi connectivity index (χ3v) is 7.09. The second kappa shape index (κ2) is 10.8. The first kappa shape index (κ1) is 24.1. The molecule has 0 spiro atoms. The summed E-state index contributed by atoms with van der Waals surface area (Å²) in [5.74, 6) is -0.106. The van der Waals surface area contributed by atoms with E-state index in [1.165, 1.54) is 25.3 Å². The predicted molar refractivity (Wildman–Crippen MR) is 127 cm³/mol. The SMILES string of the molecule is COc1ccc(S(=O)(=O)N(CCc2ccccc2)CC(=O)Nc2ccc(Cl)cc2)cc1Cl. The number of hydrogen-bond acceptors (Lipinski definition) is 4. The second-order valence-corrected chi connectivity index (χ2v) is 9.71. The lowest BCUT2D eigenvalue weighted by molar-refractivity contribution is -0.116. The van der Waals surface area contributed by atoms with Crippen molar-refractivity contribution in [3.05, 3.63) is 88.4 Å². The van der Waals surface area contributed by atoms with Gasteiger partial charge in [0.15, 0.2) is 0 Å². The number of nitrogens with one attached hydrogen (secondary N) is 1. The summed E-state index contributed by atoms with van der Waals surface area (Å²) < 4.78 is 33.0. The molecule has 0 saturated carbocycles. The zero-order valence-corrected chi connectivity index (χ0v) is 19.6. The van der Waals surface area contributed by atoms with Gasteiger partial charge in [-0.05, 0) is 54.4 Å². The molecule has 168 valence electrons.